The van der Waals surface area contributed by atoms with Crippen LogP contribution in [0.25, 0.3) is 38.8 Å². The van der Waals surface area contributed by atoms with Gasteiger partial charge in [0, 0.05) is 0 Å². The second kappa shape index (κ2) is 8.74. The number of para-hydroxylation sites is 2. The second-order valence-electron chi connectivity index (χ2n) is 13.3. The number of nitrogens with zero attached hydrogens (tertiary/aromatic N) is 4. The van der Waals surface area contributed by atoms with Crippen molar-refractivity contribution in [3.8, 4) is 27.9 Å². The summed E-state index contributed by atoms with van der Waals surface area (Å²) in [7, 11) is -3.02. The van der Waals surface area contributed by atoms with E-state index in [2.05, 4.69) is 182 Å². The summed E-state index contributed by atoms with van der Waals surface area (Å²) < 4.78 is 7.87. The molecule has 6 heterocycles. The van der Waals surface area contributed by atoms with E-state index in [1.807, 2.05) is 0 Å². The molecule has 8 aromatic rings. The maximum absolute atomic E-state index is 3.02. The molecule has 1 aliphatic carbocycles. The molecule has 0 bridgehead atoms. The van der Waals surface area contributed by atoms with Crippen molar-refractivity contribution in [2.45, 2.75) is 5.92 Å². The van der Waals surface area contributed by atoms with Gasteiger partial charge in [-0.25, -0.2) is 0 Å². The van der Waals surface area contributed by atoms with Gasteiger partial charge < -0.3 is 0 Å². The van der Waals surface area contributed by atoms with Crippen LogP contribution in [0.2, 0.25) is 0 Å². The molecule has 0 fully saturated rings. The normalized spacial score (nSPS) is 16.9. The third-order valence-electron chi connectivity index (χ3n) is 11.3. The fraction of sp³-hybridized carbons (Fsp3) is 0.0233. The zero-order chi connectivity index (χ0) is 31.1. The first-order valence-corrected chi connectivity index (χ1v) is 18.6. The van der Waals surface area contributed by atoms with E-state index in [0.29, 0.717) is 0 Å². The van der Waals surface area contributed by atoms with Gasteiger partial charge in [0.05, 0.1) is 0 Å². The third kappa shape index (κ3) is 2.77. The number of pyridine rings is 2. The third-order valence-corrected chi connectivity index (χ3v) is 15.9. The molecule has 0 radical (unpaired) electrons. The summed E-state index contributed by atoms with van der Waals surface area (Å²) in [5.41, 5.74) is 14.6. The van der Waals surface area contributed by atoms with Crippen molar-refractivity contribution < 1.29 is 8.68 Å². The summed E-state index contributed by atoms with van der Waals surface area (Å²) in [4.78, 5) is 2.49. The van der Waals surface area contributed by atoms with Gasteiger partial charge in [-0.3, -0.25) is 0 Å². The van der Waals surface area contributed by atoms with E-state index in [1.165, 1.54) is 83.5 Å². The van der Waals surface area contributed by atoms with Gasteiger partial charge in [-0.2, -0.15) is 0 Å². The molecule has 0 saturated heterocycles. The Morgan fingerprint density at radius 1 is 0.521 bits per heavy atom. The van der Waals surface area contributed by atoms with Crippen LogP contribution in [-0.4, -0.2) is 4.57 Å². The Bertz CT molecular complexity index is 2700. The summed E-state index contributed by atoms with van der Waals surface area (Å²) in [6.07, 6.45) is 7.18. The molecule has 3 aromatic heterocycles. The van der Waals surface area contributed by atoms with E-state index in [-0.39, 0.29) is 5.92 Å². The monoisotopic (exact) mass is 632 g/mol. The van der Waals surface area contributed by atoms with Crippen molar-refractivity contribution in [2.75, 3.05) is 4.90 Å². The van der Waals surface area contributed by atoms with E-state index in [4.69, 9.17) is 0 Å². The van der Waals surface area contributed by atoms with Crippen LogP contribution in [-0.2, 0) is 0 Å². The molecule has 5 heteroatoms. The van der Waals surface area contributed by atoms with E-state index in [9.17, 15) is 0 Å². The van der Waals surface area contributed by atoms with Gasteiger partial charge in [-0.05, 0) is 0 Å². The Hall–Kier alpha value is -5.83. The number of anilines is 3. The van der Waals surface area contributed by atoms with Crippen LogP contribution in [0.5, 0.6) is 0 Å². The number of hydrogen-bond acceptors (Lipinski definition) is 1. The standard InChI is InChI=1S/C43H29N4P/c1-3-13-28(14-4-1)44-27-34-33-22-21-32-30-17-7-8-18-31(30)39-36-19-9-11-25-45(36)48(42(33)41(32)39)43-37(24-23-35(44)40(34)43)47(29-15-5-2-6-16-29)38-20-10-12-26-46(38)48/h1-27,39,48H/q+2. The topological polar surface area (TPSA) is 15.9 Å². The molecule has 12 rings (SSSR count). The van der Waals surface area contributed by atoms with Gasteiger partial charge in [-0.15, -0.1) is 0 Å². The van der Waals surface area contributed by atoms with Gasteiger partial charge in [0.15, 0.2) is 0 Å². The van der Waals surface area contributed by atoms with Crippen molar-refractivity contribution in [1.29, 1.82) is 0 Å². The van der Waals surface area contributed by atoms with Gasteiger partial charge in [0.25, 0.3) is 0 Å². The van der Waals surface area contributed by atoms with Crippen molar-refractivity contribution in [2.24, 2.45) is 0 Å². The summed E-state index contributed by atoms with van der Waals surface area (Å²) >= 11 is 0. The summed E-state index contributed by atoms with van der Waals surface area (Å²) in [6.45, 7) is 0. The van der Waals surface area contributed by atoms with Crippen molar-refractivity contribution in [3.63, 3.8) is 0 Å². The Morgan fingerprint density at radius 3 is 2.08 bits per heavy atom. The van der Waals surface area contributed by atoms with E-state index in [0.717, 1.165) is 0 Å². The minimum atomic E-state index is -3.02. The van der Waals surface area contributed by atoms with Crippen LogP contribution in [0.15, 0.2) is 164 Å². The molecule has 0 amide bonds. The number of rotatable bonds is 2. The first-order chi connectivity index (χ1) is 23.9. The summed E-state index contributed by atoms with van der Waals surface area (Å²) in [5, 5.41) is 4.36. The van der Waals surface area contributed by atoms with E-state index in [1.54, 1.807) is 0 Å². The Labute approximate surface area is 278 Å². The van der Waals surface area contributed by atoms with Crippen LogP contribution >= 0.6 is 7.56 Å². The second-order valence-corrected chi connectivity index (χ2v) is 16.6. The molecule has 4 nitrogen and oxygen atoms in total. The molecule has 3 aliphatic heterocycles. The number of benzene rings is 5. The minimum absolute atomic E-state index is 0.186. The Balaban J connectivity index is 1.35. The van der Waals surface area contributed by atoms with Crippen molar-refractivity contribution in [3.05, 3.63) is 181 Å². The molecule has 4 aliphatic rings. The zero-order valence-electron chi connectivity index (χ0n) is 26.0. The quantitative estimate of drug-likeness (QED) is 0.176. The van der Waals surface area contributed by atoms with Gasteiger partial charge >= 0.3 is 279 Å². The Kier molecular flexibility index (Phi) is 4.61. The first-order valence-electron chi connectivity index (χ1n) is 16.7. The number of fused-ring (bicyclic) bond motifs is 7. The predicted octanol–water partition coefficient (Wildman–Crippen LogP) is 8.07. The average Bonchev–Trinajstić information content (AvgIpc) is 3.72. The van der Waals surface area contributed by atoms with Crippen LogP contribution in [0.4, 0.5) is 17.2 Å². The molecule has 5 aromatic carbocycles. The molecular weight excluding hydrogens is 603 g/mol. The molecule has 224 valence electrons. The first kappa shape index (κ1) is 25.3. The summed E-state index contributed by atoms with van der Waals surface area (Å²) in [6, 6.07) is 54.1. The number of hydrogen-bond donors (Lipinski definition) is 0. The van der Waals surface area contributed by atoms with Gasteiger partial charge in [-0.1, -0.05) is 0 Å². The molecule has 1 atom stereocenters. The average molecular weight is 633 g/mol. The Morgan fingerprint density at radius 2 is 1.23 bits per heavy atom. The SMILES string of the molecule is c1ccc(N2c3ccc4c5c(cn4-c4ccccc4)-c4ccc6c7c4[PH](c35)([n+]3ccccc3C7c3ccccc3-6)[n+]3ccccc32)cc1. The fourth-order valence-corrected chi connectivity index (χ4v) is 15.2. The molecule has 48 heavy (non-hydrogen) atoms. The summed E-state index contributed by atoms with van der Waals surface area (Å²) in [5.74, 6) is 1.39. The molecule has 0 saturated carbocycles. The predicted molar refractivity (Wildman–Crippen MR) is 195 cm³/mol. The molecule has 0 N–H and O–H groups in total. The van der Waals surface area contributed by atoms with E-state index < -0.39 is 7.56 Å². The van der Waals surface area contributed by atoms with Crippen molar-refractivity contribution in [1.82, 2.24) is 4.57 Å². The maximum atomic E-state index is 2.75. The van der Waals surface area contributed by atoms with Crippen LogP contribution in [0.1, 0.15) is 22.7 Å². The van der Waals surface area contributed by atoms with Crippen LogP contribution in [0.3, 0.4) is 0 Å². The van der Waals surface area contributed by atoms with Gasteiger partial charge in [0.1, 0.15) is 0 Å². The number of aromatic nitrogens is 3. The molecular formula is C43H29N4P+2. The van der Waals surface area contributed by atoms with Gasteiger partial charge in [0.2, 0.25) is 0 Å². The van der Waals surface area contributed by atoms with Crippen LogP contribution in [0, 0.1) is 0 Å². The fourth-order valence-electron chi connectivity index (χ4n) is 9.64. The molecule has 1 spiro atoms. The van der Waals surface area contributed by atoms with Crippen LogP contribution < -0.4 is 24.2 Å². The van der Waals surface area contributed by atoms with Crippen molar-refractivity contribution >= 4 is 46.3 Å². The molecule has 1 unspecified atom stereocenters. The van der Waals surface area contributed by atoms with E-state index >= 15 is 0 Å². The zero-order valence-corrected chi connectivity index (χ0v) is 27.0.